The number of aromatic nitrogens is 2. The Kier molecular flexibility index (Phi) is 3.10. The van der Waals surface area contributed by atoms with Gasteiger partial charge in [0.05, 0.1) is 5.88 Å². The summed E-state index contributed by atoms with van der Waals surface area (Å²) in [6.45, 7) is 5.55. The molecule has 2 unspecified atom stereocenters. The van der Waals surface area contributed by atoms with Crippen molar-refractivity contribution in [2.75, 3.05) is 11.4 Å². The lowest BCUT2D eigenvalue weighted by Gasteiger charge is -2.20. The number of rotatable bonds is 2. The maximum absolute atomic E-state index is 5.70. The number of halogens is 1. The highest BCUT2D eigenvalue weighted by molar-refractivity contribution is 6.17. The van der Waals surface area contributed by atoms with Gasteiger partial charge < -0.3 is 4.90 Å². The van der Waals surface area contributed by atoms with Crippen LogP contribution in [0.1, 0.15) is 25.8 Å². The maximum atomic E-state index is 5.70. The number of hydrogen-bond acceptors (Lipinski definition) is 3. The molecule has 1 aromatic rings. The van der Waals surface area contributed by atoms with Crippen LogP contribution in [0.25, 0.3) is 0 Å². The second-order valence-electron chi connectivity index (χ2n) is 4.37. The van der Waals surface area contributed by atoms with Crippen LogP contribution in [0.2, 0.25) is 0 Å². The van der Waals surface area contributed by atoms with E-state index in [1.807, 2.05) is 12.4 Å². The third-order valence-corrected chi connectivity index (χ3v) is 3.20. The normalized spacial score (nSPS) is 25.9. The molecule has 1 aromatic heterocycles. The first-order chi connectivity index (χ1) is 7.20. The molecule has 0 bridgehead atoms. The zero-order chi connectivity index (χ0) is 10.8. The zero-order valence-electron chi connectivity index (χ0n) is 9.15. The van der Waals surface area contributed by atoms with E-state index in [0.717, 1.165) is 24.0 Å². The Morgan fingerprint density at radius 3 is 2.53 bits per heavy atom. The van der Waals surface area contributed by atoms with Gasteiger partial charge in [-0.2, -0.15) is 0 Å². The third-order valence-electron chi connectivity index (χ3n) is 2.89. The average molecular weight is 226 g/mol. The molecule has 2 rings (SSSR count). The Morgan fingerprint density at radius 1 is 1.40 bits per heavy atom. The second-order valence-corrected chi connectivity index (χ2v) is 4.63. The standard InChI is InChI=1S/C11H16ClN3/c1-8-3-9(2)15(7-8)11-13-5-10(4-12)6-14-11/h5-6,8-9H,3-4,7H2,1-2H3. The smallest absolute Gasteiger partial charge is 0.225 e. The first-order valence-electron chi connectivity index (χ1n) is 5.34. The summed E-state index contributed by atoms with van der Waals surface area (Å²) in [7, 11) is 0. The minimum absolute atomic E-state index is 0.478. The maximum Gasteiger partial charge on any atom is 0.225 e. The van der Waals surface area contributed by atoms with Crippen LogP contribution in [-0.2, 0) is 5.88 Å². The van der Waals surface area contributed by atoms with E-state index in [2.05, 4.69) is 28.7 Å². The summed E-state index contributed by atoms with van der Waals surface area (Å²) in [5.74, 6) is 2.05. The molecule has 0 amide bonds. The van der Waals surface area contributed by atoms with Crippen LogP contribution >= 0.6 is 11.6 Å². The van der Waals surface area contributed by atoms with E-state index in [0.29, 0.717) is 11.9 Å². The molecule has 1 saturated heterocycles. The first kappa shape index (κ1) is 10.7. The summed E-state index contributed by atoms with van der Waals surface area (Å²) in [6.07, 6.45) is 4.84. The fourth-order valence-corrected chi connectivity index (χ4v) is 2.28. The largest absolute Gasteiger partial charge is 0.338 e. The van der Waals surface area contributed by atoms with Crippen molar-refractivity contribution in [3.8, 4) is 0 Å². The highest BCUT2D eigenvalue weighted by atomic mass is 35.5. The molecule has 1 aliphatic heterocycles. The van der Waals surface area contributed by atoms with Crippen LogP contribution in [0, 0.1) is 5.92 Å². The molecule has 0 spiro atoms. The Hall–Kier alpha value is -0.830. The predicted molar refractivity (Wildman–Crippen MR) is 62.2 cm³/mol. The molecular formula is C11H16ClN3. The van der Waals surface area contributed by atoms with Crippen molar-refractivity contribution < 1.29 is 0 Å². The van der Waals surface area contributed by atoms with E-state index < -0.39 is 0 Å². The molecule has 3 nitrogen and oxygen atoms in total. The molecule has 1 fully saturated rings. The molecule has 2 heterocycles. The van der Waals surface area contributed by atoms with Crippen LogP contribution in [0.4, 0.5) is 5.95 Å². The van der Waals surface area contributed by atoms with Crippen LogP contribution in [0.5, 0.6) is 0 Å². The van der Waals surface area contributed by atoms with Gasteiger partial charge in [0, 0.05) is 30.5 Å². The Morgan fingerprint density at radius 2 is 2.07 bits per heavy atom. The van der Waals surface area contributed by atoms with Gasteiger partial charge in [-0.1, -0.05) is 6.92 Å². The summed E-state index contributed by atoms with van der Waals surface area (Å²) in [6, 6.07) is 0.543. The molecule has 1 aliphatic rings. The van der Waals surface area contributed by atoms with Crippen LogP contribution in [0.15, 0.2) is 12.4 Å². The van der Waals surface area contributed by atoms with Gasteiger partial charge in [0.25, 0.3) is 0 Å². The van der Waals surface area contributed by atoms with Gasteiger partial charge >= 0.3 is 0 Å². The van der Waals surface area contributed by atoms with E-state index in [-0.39, 0.29) is 0 Å². The lowest BCUT2D eigenvalue weighted by atomic mass is 10.1. The minimum Gasteiger partial charge on any atom is -0.338 e. The van der Waals surface area contributed by atoms with Crippen LogP contribution in [-0.4, -0.2) is 22.6 Å². The van der Waals surface area contributed by atoms with Crippen LogP contribution < -0.4 is 4.90 Å². The number of nitrogens with zero attached hydrogens (tertiary/aromatic N) is 3. The molecule has 2 atom stereocenters. The highest BCUT2D eigenvalue weighted by Crippen LogP contribution is 2.25. The molecule has 4 heteroatoms. The van der Waals surface area contributed by atoms with E-state index in [4.69, 9.17) is 11.6 Å². The summed E-state index contributed by atoms with van der Waals surface area (Å²) < 4.78 is 0. The van der Waals surface area contributed by atoms with Crippen molar-refractivity contribution in [1.29, 1.82) is 0 Å². The molecule has 0 saturated carbocycles. The van der Waals surface area contributed by atoms with Gasteiger partial charge in [-0.3, -0.25) is 0 Å². The van der Waals surface area contributed by atoms with Gasteiger partial charge in [0.1, 0.15) is 0 Å². The summed E-state index contributed by atoms with van der Waals surface area (Å²) in [5, 5.41) is 0. The fourth-order valence-electron chi connectivity index (χ4n) is 2.14. The molecule has 82 valence electrons. The van der Waals surface area contributed by atoms with Gasteiger partial charge in [0.2, 0.25) is 5.95 Å². The molecule has 0 aliphatic carbocycles. The van der Waals surface area contributed by atoms with Gasteiger partial charge in [-0.25, -0.2) is 9.97 Å². The lowest BCUT2D eigenvalue weighted by molar-refractivity contribution is 0.624. The Bertz CT molecular complexity index is 325. The predicted octanol–water partition coefficient (Wildman–Crippen LogP) is 2.45. The quantitative estimate of drug-likeness (QED) is 0.724. The monoisotopic (exact) mass is 225 g/mol. The van der Waals surface area contributed by atoms with E-state index in [9.17, 15) is 0 Å². The van der Waals surface area contributed by atoms with E-state index >= 15 is 0 Å². The van der Waals surface area contributed by atoms with Crippen molar-refractivity contribution in [2.24, 2.45) is 5.92 Å². The van der Waals surface area contributed by atoms with Crippen molar-refractivity contribution in [3.05, 3.63) is 18.0 Å². The number of hydrogen-bond donors (Lipinski definition) is 0. The number of anilines is 1. The van der Waals surface area contributed by atoms with Crippen LogP contribution in [0.3, 0.4) is 0 Å². The SMILES string of the molecule is CC1CC(C)N(c2ncc(CCl)cn2)C1. The van der Waals surface area contributed by atoms with Gasteiger partial charge in [0.15, 0.2) is 0 Å². The van der Waals surface area contributed by atoms with Crippen molar-refractivity contribution in [2.45, 2.75) is 32.2 Å². The highest BCUT2D eigenvalue weighted by Gasteiger charge is 2.27. The minimum atomic E-state index is 0.478. The van der Waals surface area contributed by atoms with Gasteiger partial charge in [-0.05, 0) is 19.3 Å². The van der Waals surface area contributed by atoms with Crippen molar-refractivity contribution >= 4 is 17.5 Å². The summed E-state index contributed by atoms with van der Waals surface area (Å²) in [4.78, 5) is 11.0. The summed E-state index contributed by atoms with van der Waals surface area (Å²) >= 11 is 5.70. The zero-order valence-corrected chi connectivity index (χ0v) is 9.91. The van der Waals surface area contributed by atoms with Crippen molar-refractivity contribution in [1.82, 2.24) is 9.97 Å². The summed E-state index contributed by atoms with van der Waals surface area (Å²) in [5.41, 5.74) is 0.973. The molecule has 0 N–H and O–H groups in total. The first-order valence-corrected chi connectivity index (χ1v) is 5.87. The second kappa shape index (κ2) is 4.35. The number of alkyl halides is 1. The molecule has 15 heavy (non-hydrogen) atoms. The molecule has 0 radical (unpaired) electrons. The van der Waals surface area contributed by atoms with E-state index in [1.165, 1.54) is 6.42 Å². The lowest BCUT2D eigenvalue weighted by Crippen LogP contribution is -2.28. The fraction of sp³-hybridized carbons (Fsp3) is 0.636. The average Bonchev–Trinajstić information content (AvgIpc) is 2.58. The Balaban J connectivity index is 2.15. The molecule has 0 aromatic carbocycles. The molecular weight excluding hydrogens is 210 g/mol. The topological polar surface area (TPSA) is 29.0 Å². The van der Waals surface area contributed by atoms with E-state index in [1.54, 1.807) is 0 Å². The third kappa shape index (κ3) is 2.23. The van der Waals surface area contributed by atoms with Gasteiger partial charge in [-0.15, -0.1) is 11.6 Å². The Labute approximate surface area is 95.5 Å². The van der Waals surface area contributed by atoms with Crippen molar-refractivity contribution in [3.63, 3.8) is 0 Å².